The summed E-state index contributed by atoms with van der Waals surface area (Å²) in [5.74, 6) is 0.620. The summed E-state index contributed by atoms with van der Waals surface area (Å²) < 4.78 is 29.0. The zero-order valence-corrected chi connectivity index (χ0v) is 13.8. The van der Waals surface area contributed by atoms with Gasteiger partial charge in [-0.2, -0.15) is 8.42 Å². The van der Waals surface area contributed by atoms with Gasteiger partial charge >= 0.3 is 0 Å². The van der Waals surface area contributed by atoms with E-state index in [1.54, 1.807) is 55.7 Å². The average Bonchev–Trinajstić information content (AvgIpc) is 2.69. The van der Waals surface area contributed by atoms with E-state index in [9.17, 15) is 8.42 Å². The molecular weight excluding hydrogens is 312 g/mol. The van der Waals surface area contributed by atoms with Gasteiger partial charge in [0.1, 0.15) is 5.82 Å². The van der Waals surface area contributed by atoms with E-state index in [2.05, 4.69) is 9.71 Å². The fourth-order valence-corrected chi connectivity index (χ4v) is 3.36. The Hall–Kier alpha value is -1.73. The van der Waals surface area contributed by atoms with Crippen molar-refractivity contribution in [2.24, 2.45) is 7.05 Å². The van der Waals surface area contributed by atoms with Crippen molar-refractivity contribution in [3.63, 3.8) is 0 Å². The van der Waals surface area contributed by atoms with E-state index in [1.165, 1.54) is 6.20 Å². The Balaban J connectivity index is 2.44. The molecule has 0 aliphatic heterocycles. The number of nitrogens with zero attached hydrogens (tertiary/aromatic N) is 3. The first-order chi connectivity index (χ1) is 9.72. The summed E-state index contributed by atoms with van der Waals surface area (Å²) in [7, 11) is 1.58. The molecule has 0 radical (unpaired) electrons. The number of anilines is 2. The lowest BCUT2D eigenvalue weighted by Gasteiger charge is -2.19. The predicted octanol–water partition coefficient (Wildman–Crippen LogP) is 2.25. The molecule has 1 N–H and O–H groups in total. The Labute approximate surface area is 129 Å². The van der Waals surface area contributed by atoms with E-state index in [-0.39, 0.29) is 5.03 Å². The molecule has 1 heterocycles. The third kappa shape index (κ3) is 3.14. The van der Waals surface area contributed by atoms with Crippen LogP contribution in [0.1, 0.15) is 5.82 Å². The number of hydrogen-bond donors (Lipinski definition) is 1. The maximum absolute atomic E-state index is 12.4. The van der Waals surface area contributed by atoms with Crippen LogP contribution in [0.15, 0.2) is 29.4 Å². The summed E-state index contributed by atoms with van der Waals surface area (Å²) in [5.41, 5.74) is 1.02. The minimum atomic E-state index is -3.76. The van der Waals surface area contributed by atoms with Crippen molar-refractivity contribution in [1.82, 2.24) is 9.55 Å². The van der Waals surface area contributed by atoms with Crippen molar-refractivity contribution >= 4 is 33.0 Å². The Bertz CT molecular complexity index is 749. The zero-order valence-electron chi connectivity index (χ0n) is 12.3. The number of hydrogen-bond acceptors (Lipinski definition) is 4. The number of aromatic nitrogens is 2. The lowest BCUT2D eigenvalue weighted by Crippen LogP contribution is -2.17. The Morgan fingerprint density at radius 3 is 2.52 bits per heavy atom. The van der Waals surface area contributed by atoms with Crippen molar-refractivity contribution in [3.8, 4) is 0 Å². The number of rotatable bonds is 4. The quantitative estimate of drug-likeness (QED) is 0.934. The normalized spacial score (nSPS) is 11.5. The highest BCUT2D eigenvalue weighted by Gasteiger charge is 2.21. The SMILES string of the molecule is Cc1nc(S(=O)(=O)Nc2cccc(Cl)c2N(C)C)cn1C. The summed E-state index contributed by atoms with van der Waals surface area (Å²) in [4.78, 5) is 5.79. The number of benzene rings is 1. The lowest BCUT2D eigenvalue weighted by atomic mass is 10.2. The molecule has 0 saturated heterocycles. The summed E-state index contributed by atoms with van der Waals surface area (Å²) in [5, 5.41) is 0.449. The van der Waals surface area contributed by atoms with E-state index in [0.29, 0.717) is 22.2 Å². The average molecular weight is 329 g/mol. The van der Waals surface area contributed by atoms with Gasteiger partial charge in [-0.1, -0.05) is 17.7 Å². The van der Waals surface area contributed by atoms with Crippen molar-refractivity contribution in [1.29, 1.82) is 0 Å². The molecule has 6 nitrogen and oxygen atoms in total. The van der Waals surface area contributed by atoms with E-state index < -0.39 is 10.0 Å². The van der Waals surface area contributed by atoms with Gasteiger partial charge in [0.05, 0.1) is 16.4 Å². The van der Waals surface area contributed by atoms with Crippen LogP contribution in [0.25, 0.3) is 0 Å². The Morgan fingerprint density at radius 1 is 1.33 bits per heavy atom. The molecule has 0 bridgehead atoms. The predicted molar refractivity (Wildman–Crippen MR) is 84.5 cm³/mol. The second kappa shape index (κ2) is 5.57. The van der Waals surface area contributed by atoms with E-state index >= 15 is 0 Å². The first-order valence-corrected chi connectivity index (χ1v) is 8.07. The van der Waals surface area contributed by atoms with Gasteiger partial charge in [0.15, 0.2) is 5.03 Å². The lowest BCUT2D eigenvalue weighted by molar-refractivity contribution is 0.598. The molecule has 1 aromatic heterocycles. The van der Waals surface area contributed by atoms with Gasteiger partial charge in [0.2, 0.25) is 0 Å². The molecule has 114 valence electrons. The van der Waals surface area contributed by atoms with Gasteiger partial charge in [0, 0.05) is 27.3 Å². The fourth-order valence-electron chi connectivity index (χ4n) is 1.91. The molecule has 21 heavy (non-hydrogen) atoms. The van der Waals surface area contributed by atoms with Crippen LogP contribution in [0.2, 0.25) is 5.02 Å². The summed E-state index contributed by atoms with van der Waals surface area (Å²) in [6.07, 6.45) is 1.47. The monoisotopic (exact) mass is 328 g/mol. The van der Waals surface area contributed by atoms with Crippen LogP contribution in [0, 0.1) is 6.92 Å². The summed E-state index contributed by atoms with van der Waals surface area (Å²) in [6, 6.07) is 5.06. The van der Waals surface area contributed by atoms with Gasteiger partial charge in [-0.15, -0.1) is 0 Å². The Morgan fingerprint density at radius 2 is 2.00 bits per heavy atom. The van der Waals surface area contributed by atoms with Crippen LogP contribution in [0.4, 0.5) is 11.4 Å². The van der Waals surface area contributed by atoms with E-state index in [1.807, 2.05) is 0 Å². The number of aryl methyl sites for hydroxylation is 2. The van der Waals surface area contributed by atoms with Crippen LogP contribution < -0.4 is 9.62 Å². The molecule has 0 aliphatic rings. The van der Waals surface area contributed by atoms with Crippen LogP contribution in [0.5, 0.6) is 0 Å². The highest BCUT2D eigenvalue weighted by Crippen LogP contribution is 2.33. The number of halogens is 1. The summed E-state index contributed by atoms with van der Waals surface area (Å²) >= 11 is 6.13. The molecule has 0 spiro atoms. The molecule has 8 heteroatoms. The smallest absolute Gasteiger partial charge is 0.281 e. The highest BCUT2D eigenvalue weighted by atomic mass is 35.5. The number of nitrogens with one attached hydrogen (secondary N) is 1. The maximum Gasteiger partial charge on any atom is 0.281 e. The molecule has 0 amide bonds. The van der Waals surface area contributed by atoms with E-state index in [4.69, 9.17) is 11.6 Å². The first-order valence-electron chi connectivity index (χ1n) is 6.21. The molecular formula is C13H17ClN4O2S. The molecule has 2 rings (SSSR count). The van der Waals surface area contributed by atoms with Crippen LogP contribution >= 0.6 is 11.6 Å². The number of imidazole rings is 1. The number of sulfonamides is 1. The topological polar surface area (TPSA) is 67.2 Å². The van der Waals surface area contributed by atoms with Gasteiger partial charge in [0.25, 0.3) is 10.0 Å². The fraction of sp³-hybridized carbons (Fsp3) is 0.308. The van der Waals surface area contributed by atoms with Gasteiger partial charge in [-0.3, -0.25) is 4.72 Å². The van der Waals surface area contributed by atoms with Crippen molar-refractivity contribution in [2.45, 2.75) is 11.9 Å². The molecule has 0 atom stereocenters. The number of para-hydroxylation sites is 1. The third-order valence-electron chi connectivity index (χ3n) is 3.04. The molecule has 0 saturated carbocycles. The largest absolute Gasteiger partial charge is 0.375 e. The second-order valence-corrected chi connectivity index (χ2v) is 6.91. The second-order valence-electron chi connectivity index (χ2n) is 4.87. The van der Waals surface area contributed by atoms with Crippen molar-refractivity contribution in [3.05, 3.63) is 35.2 Å². The first kappa shape index (κ1) is 15.7. The van der Waals surface area contributed by atoms with Gasteiger partial charge in [-0.25, -0.2) is 4.98 Å². The molecule has 0 unspecified atom stereocenters. The molecule has 0 aliphatic carbocycles. The standard InChI is InChI=1S/C13H17ClN4O2S/c1-9-15-12(8-18(9)4)21(19,20)16-11-7-5-6-10(14)13(11)17(2)3/h5-8,16H,1-4H3. The Kier molecular flexibility index (Phi) is 4.15. The van der Waals surface area contributed by atoms with Crippen molar-refractivity contribution < 1.29 is 8.42 Å². The highest BCUT2D eigenvalue weighted by molar-refractivity contribution is 7.92. The van der Waals surface area contributed by atoms with Crippen LogP contribution in [0.3, 0.4) is 0 Å². The molecule has 0 fully saturated rings. The van der Waals surface area contributed by atoms with Gasteiger partial charge in [-0.05, 0) is 19.1 Å². The summed E-state index contributed by atoms with van der Waals surface area (Å²) in [6.45, 7) is 1.74. The maximum atomic E-state index is 12.4. The third-order valence-corrected chi connectivity index (χ3v) is 4.58. The minimum absolute atomic E-state index is 0.0211. The molecule has 1 aromatic carbocycles. The van der Waals surface area contributed by atoms with E-state index in [0.717, 1.165) is 0 Å². The molecule has 2 aromatic rings. The van der Waals surface area contributed by atoms with Crippen LogP contribution in [-0.2, 0) is 17.1 Å². The van der Waals surface area contributed by atoms with Gasteiger partial charge < -0.3 is 9.47 Å². The van der Waals surface area contributed by atoms with Crippen LogP contribution in [-0.4, -0.2) is 32.1 Å². The van der Waals surface area contributed by atoms with Crippen molar-refractivity contribution in [2.75, 3.05) is 23.7 Å². The minimum Gasteiger partial charge on any atom is -0.375 e. The zero-order chi connectivity index (χ0) is 15.8.